The van der Waals surface area contributed by atoms with E-state index < -0.39 is 6.04 Å². The summed E-state index contributed by atoms with van der Waals surface area (Å²) < 4.78 is 1.51. The summed E-state index contributed by atoms with van der Waals surface area (Å²) in [7, 11) is 0. The number of rotatable bonds is 6. The number of aromatic nitrogens is 5. The summed E-state index contributed by atoms with van der Waals surface area (Å²) >= 11 is 12.1. The second kappa shape index (κ2) is 13.8. The van der Waals surface area contributed by atoms with Crippen LogP contribution in [0.15, 0.2) is 89.2 Å². The zero-order valence-electron chi connectivity index (χ0n) is 24.2. The molecule has 0 saturated carbocycles. The van der Waals surface area contributed by atoms with Gasteiger partial charge < -0.3 is 16.4 Å². The molecule has 3 aromatic heterocycles. The number of carbonyl (C=O) groups excluding carboxylic acids is 1. The van der Waals surface area contributed by atoms with Gasteiger partial charge in [-0.25, -0.2) is 10.8 Å². The number of hydrogen-bond acceptors (Lipinski definition) is 10. The Labute approximate surface area is 268 Å². The standard InChI is InChI=1S/C30H31Cl2N11O2/c1-17-3-2-4-25(22-11-18(7-9-36-22)29(34)23(40-30(17)45)14-37-27-8-10-39-41-27)42-16-38-21(13-28(42)44)20-12-19(31)5-6-24(20)43(35)15-26(32)33/h5-17,25,34H,2-4,33,35H2,1H3,(H,40,45)(H2,37,39,41)/b23-14+,26-15-,34-29?. The summed E-state index contributed by atoms with van der Waals surface area (Å²) in [6, 6.07) is 11.0. The molecule has 4 aromatic rings. The Morgan fingerprint density at radius 3 is 2.73 bits per heavy atom. The van der Waals surface area contributed by atoms with Crippen LogP contribution in [0.3, 0.4) is 0 Å². The van der Waals surface area contributed by atoms with Crippen molar-refractivity contribution < 1.29 is 4.79 Å². The lowest BCUT2D eigenvalue weighted by Crippen LogP contribution is -2.33. The van der Waals surface area contributed by atoms with Gasteiger partial charge in [0.2, 0.25) is 5.91 Å². The van der Waals surface area contributed by atoms with Crippen LogP contribution in [0.5, 0.6) is 0 Å². The Morgan fingerprint density at radius 1 is 1.18 bits per heavy atom. The molecule has 0 fully saturated rings. The Morgan fingerprint density at radius 2 is 2.00 bits per heavy atom. The largest absolute Gasteiger partial charge is 0.388 e. The average molecular weight is 649 g/mol. The number of anilines is 2. The zero-order valence-corrected chi connectivity index (χ0v) is 25.7. The Bertz CT molecular complexity index is 1830. The van der Waals surface area contributed by atoms with Crippen LogP contribution in [-0.2, 0) is 4.79 Å². The predicted octanol–water partition coefficient (Wildman–Crippen LogP) is 4.21. The average Bonchev–Trinajstić information content (AvgIpc) is 3.54. The van der Waals surface area contributed by atoms with Gasteiger partial charge in [0.1, 0.15) is 5.16 Å². The second-order valence-electron chi connectivity index (χ2n) is 10.4. The van der Waals surface area contributed by atoms with E-state index >= 15 is 0 Å². The number of pyridine rings is 1. The van der Waals surface area contributed by atoms with Gasteiger partial charge in [-0.05, 0) is 43.2 Å². The molecule has 1 aromatic carbocycles. The van der Waals surface area contributed by atoms with E-state index in [9.17, 15) is 9.59 Å². The fourth-order valence-corrected chi connectivity index (χ4v) is 5.24. The molecule has 5 rings (SSSR count). The van der Waals surface area contributed by atoms with Crippen LogP contribution in [0.2, 0.25) is 5.02 Å². The molecule has 1 aliphatic rings. The van der Waals surface area contributed by atoms with Gasteiger partial charge in [-0.2, -0.15) is 5.10 Å². The van der Waals surface area contributed by atoms with Crippen molar-refractivity contribution in [2.75, 3.05) is 10.3 Å². The van der Waals surface area contributed by atoms with E-state index in [2.05, 4.69) is 30.8 Å². The molecule has 8 N–H and O–H groups in total. The maximum absolute atomic E-state index is 13.7. The molecule has 2 bridgehead atoms. The van der Waals surface area contributed by atoms with Gasteiger partial charge in [0, 0.05) is 52.8 Å². The summed E-state index contributed by atoms with van der Waals surface area (Å²) in [6.45, 7) is 1.83. The van der Waals surface area contributed by atoms with Crippen LogP contribution in [-0.4, -0.2) is 36.4 Å². The molecule has 2 atom stereocenters. The Kier molecular flexibility index (Phi) is 9.62. The first-order chi connectivity index (χ1) is 21.6. The highest BCUT2D eigenvalue weighted by molar-refractivity contribution is 6.31. The number of amides is 1. The van der Waals surface area contributed by atoms with E-state index in [0.29, 0.717) is 58.3 Å². The van der Waals surface area contributed by atoms with Gasteiger partial charge >= 0.3 is 0 Å². The van der Waals surface area contributed by atoms with Crippen molar-refractivity contribution in [1.29, 1.82) is 5.41 Å². The lowest BCUT2D eigenvalue weighted by molar-refractivity contribution is -0.123. The third kappa shape index (κ3) is 7.40. The van der Waals surface area contributed by atoms with Crippen molar-refractivity contribution in [1.82, 2.24) is 30.0 Å². The molecule has 4 heterocycles. The number of H-pyrrole nitrogens is 1. The molecule has 13 nitrogen and oxygen atoms in total. The maximum Gasteiger partial charge on any atom is 0.254 e. The van der Waals surface area contributed by atoms with E-state index in [1.807, 2.05) is 6.92 Å². The molecule has 0 aliphatic carbocycles. The van der Waals surface area contributed by atoms with E-state index in [-0.39, 0.29) is 33.9 Å². The molecule has 1 amide bonds. The third-order valence-electron chi connectivity index (χ3n) is 7.31. The first-order valence-corrected chi connectivity index (χ1v) is 14.7. The number of hydrazine groups is 1. The summed E-state index contributed by atoms with van der Waals surface area (Å²) in [5.74, 6) is 6.10. The number of benzene rings is 1. The normalized spacial score (nSPS) is 18.6. The van der Waals surface area contributed by atoms with E-state index in [1.54, 1.807) is 48.8 Å². The quantitative estimate of drug-likeness (QED) is 0.101. The zero-order chi connectivity index (χ0) is 32.1. The molecule has 15 heteroatoms. The fraction of sp³-hybridized carbons (Fsp3) is 0.200. The highest BCUT2D eigenvalue weighted by Gasteiger charge is 2.24. The second-order valence-corrected chi connectivity index (χ2v) is 11.3. The van der Waals surface area contributed by atoms with Gasteiger partial charge in [0.25, 0.3) is 5.56 Å². The first-order valence-electron chi connectivity index (χ1n) is 14.0. The summed E-state index contributed by atoms with van der Waals surface area (Å²) in [5, 5.41) is 23.2. The topological polar surface area (TPSA) is 197 Å². The summed E-state index contributed by atoms with van der Waals surface area (Å²) in [5.41, 5.74) is 7.98. The highest BCUT2D eigenvalue weighted by atomic mass is 35.5. The van der Waals surface area contributed by atoms with E-state index in [4.69, 9.17) is 40.2 Å². The molecule has 1 aliphatic heterocycles. The monoisotopic (exact) mass is 647 g/mol. The van der Waals surface area contributed by atoms with Crippen LogP contribution < -0.4 is 32.8 Å². The minimum Gasteiger partial charge on any atom is -0.388 e. The first kappa shape index (κ1) is 31.4. The van der Waals surface area contributed by atoms with Crippen LogP contribution in [0.1, 0.15) is 43.5 Å². The number of nitrogens with two attached hydrogens (primary N) is 2. The molecule has 0 radical (unpaired) electrons. The number of nitrogens with zero attached hydrogens (tertiary/aromatic N) is 5. The summed E-state index contributed by atoms with van der Waals surface area (Å²) in [4.78, 5) is 36.0. The number of fused-ring (bicyclic) bond motifs is 2. The Hall–Kier alpha value is -4.98. The van der Waals surface area contributed by atoms with Crippen molar-refractivity contribution in [3.8, 4) is 11.3 Å². The van der Waals surface area contributed by atoms with E-state index in [0.717, 1.165) is 0 Å². The SMILES string of the molecule is CC1CCCC(n2cnc(-c3cc(Cl)ccc3N(N)/C=C(\N)Cl)cc2=O)c2cc(ccn2)C(=N)/C(=C\Nc2cc[nH]n2)NC1=O. The van der Waals surface area contributed by atoms with Gasteiger partial charge in [0.05, 0.1) is 47.1 Å². The highest BCUT2D eigenvalue weighted by Crippen LogP contribution is 2.32. The van der Waals surface area contributed by atoms with Gasteiger partial charge in [-0.15, -0.1) is 0 Å². The molecule has 0 saturated heterocycles. The van der Waals surface area contributed by atoms with Crippen LogP contribution >= 0.6 is 23.2 Å². The lowest BCUT2D eigenvalue weighted by Gasteiger charge is -2.23. The smallest absolute Gasteiger partial charge is 0.254 e. The minimum absolute atomic E-state index is 0.0320. The van der Waals surface area contributed by atoms with Gasteiger partial charge in [-0.3, -0.25) is 34.7 Å². The van der Waals surface area contributed by atoms with Crippen molar-refractivity contribution in [3.63, 3.8) is 0 Å². The van der Waals surface area contributed by atoms with Gasteiger partial charge in [-0.1, -0.05) is 36.5 Å². The van der Waals surface area contributed by atoms with Crippen LogP contribution in [0.4, 0.5) is 11.5 Å². The third-order valence-corrected chi connectivity index (χ3v) is 7.65. The number of aromatic amines is 1. The predicted molar refractivity (Wildman–Crippen MR) is 174 cm³/mol. The van der Waals surface area contributed by atoms with Crippen molar-refractivity contribution in [2.24, 2.45) is 17.5 Å². The number of hydrogen-bond donors (Lipinski definition) is 6. The van der Waals surface area contributed by atoms with Crippen LogP contribution in [0, 0.1) is 11.3 Å². The molecule has 45 heavy (non-hydrogen) atoms. The van der Waals surface area contributed by atoms with Gasteiger partial charge in [0.15, 0.2) is 5.82 Å². The number of carbonyl (C=O) groups is 1. The van der Waals surface area contributed by atoms with Crippen molar-refractivity contribution in [3.05, 3.63) is 111 Å². The maximum atomic E-state index is 13.7. The molecule has 0 spiro atoms. The van der Waals surface area contributed by atoms with Crippen molar-refractivity contribution in [2.45, 2.75) is 32.2 Å². The lowest BCUT2D eigenvalue weighted by atomic mass is 9.96. The number of nitrogens with one attached hydrogen (secondary N) is 4. The molecular weight excluding hydrogens is 617 g/mol. The minimum atomic E-state index is -0.514. The number of halogens is 2. The summed E-state index contributed by atoms with van der Waals surface area (Å²) in [6.07, 6.45) is 9.22. The fourth-order valence-electron chi connectivity index (χ4n) is 4.97. The van der Waals surface area contributed by atoms with Crippen LogP contribution in [0.25, 0.3) is 11.3 Å². The molecule has 2 unspecified atom stereocenters. The number of allylic oxidation sites excluding steroid dienone is 1. The molecular formula is C30H31Cl2N11O2. The van der Waals surface area contributed by atoms with Crippen molar-refractivity contribution >= 4 is 46.3 Å². The Balaban J connectivity index is 1.54. The molecule has 232 valence electrons. The van der Waals surface area contributed by atoms with E-state index in [1.165, 1.54) is 34.4 Å².